The van der Waals surface area contributed by atoms with Crippen molar-refractivity contribution >= 4 is 5.91 Å². The van der Waals surface area contributed by atoms with Gasteiger partial charge in [0.1, 0.15) is 0 Å². The molecule has 1 aromatic rings. The van der Waals surface area contributed by atoms with E-state index in [1.165, 1.54) is 6.42 Å². The number of piperidine rings is 1. The molecule has 1 saturated heterocycles. The van der Waals surface area contributed by atoms with Gasteiger partial charge in [0, 0.05) is 19.1 Å². The first kappa shape index (κ1) is 15.0. The maximum Gasteiger partial charge on any atom is 0.227 e. The third kappa shape index (κ3) is 3.40. The lowest BCUT2D eigenvalue weighted by Crippen LogP contribution is -2.46. The predicted molar refractivity (Wildman–Crippen MR) is 82.1 cm³/mol. The minimum absolute atomic E-state index is 0.171. The van der Waals surface area contributed by atoms with Crippen LogP contribution in [0, 0.1) is 17.8 Å². The zero-order chi connectivity index (χ0) is 14.7. The molecular weight excluding hydrogens is 248 g/mol. The van der Waals surface area contributed by atoms with E-state index in [1.807, 2.05) is 42.2 Å². The summed E-state index contributed by atoms with van der Waals surface area (Å²) in [6, 6.07) is 9.67. The largest absolute Gasteiger partial charge is 0.342 e. The van der Waals surface area contributed by atoms with Gasteiger partial charge in [-0.15, -0.1) is 0 Å². The van der Waals surface area contributed by atoms with Crippen LogP contribution >= 0.6 is 0 Å². The Morgan fingerprint density at radius 1 is 1.20 bits per heavy atom. The van der Waals surface area contributed by atoms with Crippen LogP contribution in [0.4, 0.5) is 0 Å². The van der Waals surface area contributed by atoms with Gasteiger partial charge < -0.3 is 10.6 Å². The number of nitrogens with two attached hydrogens (primary N) is 1. The maximum atomic E-state index is 12.6. The number of likely N-dealkylation sites (tertiary alicyclic amines) is 1. The second-order valence-corrected chi connectivity index (χ2v) is 6.41. The zero-order valence-electron chi connectivity index (χ0n) is 12.8. The Morgan fingerprint density at radius 2 is 1.75 bits per heavy atom. The normalized spacial score (nSPS) is 26.1. The van der Waals surface area contributed by atoms with Crippen LogP contribution in [0.25, 0.3) is 0 Å². The van der Waals surface area contributed by atoms with Gasteiger partial charge in [0.15, 0.2) is 0 Å². The summed E-state index contributed by atoms with van der Waals surface area (Å²) >= 11 is 0. The zero-order valence-corrected chi connectivity index (χ0v) is 12.8. The highest BCUT2D eigenvalue weighted by Gasteiger charge is 2.31. The first-order valence-corrected chi connectivity index (χ1v) is 7.58. The Balaban J connectivity index is 2.04. The smallest absolute Gasteiger partial charge is 0.227 e. The fourth-order valence-electron chi connectivity index (χ4n) is 3.25. The lowest BCUT2D eigenvalue weighted by molar-refractivity contribution is -0.138. The number of hydrogen-bond donors (Lipinski definition) is 1. The van der Waals surface area contributed by atoms with Gasteiger partial charge in [0.2, 0.25) is 5.91 Å². The summed E-state index contributed by atoms with van der Waals surface area (Å²) < 4.78 is 0. The number of amides is 1. The number of carbonyl (C=O) groups excluding carboxylic acids is 1. The summed E-state index contributed by atoms with van der Waals surface area (Å²) in [5.41, 5.74) is 7.30. The molecule has 1 heterocycles. The van der Waals surface area contributed by atoms with Gasteiger partial charge in [-0.25, -0.2) is 0 Å². The molecule has 3 nitrogen and oxygen atoms in total. The molecule has 1 aromatic carbocycles. The first-order valence-electron chi connectivity index (χ1n) is 7.58. The SMILES string of the molecule is CC1CC(C)CN(C(=O)C(C)C(N)c2ccccc2)C1. The highest BCUT2D eigenvalue weighted by molar-refractivity contribution is 5.79. The van der Waals surface area contributed by atoms with E-state index in [0.29, 0.717) is 11.8 Å². The monoisotopic (exact) mass is 274 g/mol. The van der Waals surface area contributed by atoms with E-state index in [-0.39, 0.29) is 17.9 Å². The summed E-state index contributed by atoms with van der Waals surface area (Å²) in [7, 11) is 0. The quantitative estimate of drug-likeness (QED) is 0.921. The van der Waals surface area contributed by atoms with Gasteiger partial charge >= 0.3 is 0 Å². The third-order valence-corrected chi connectivity index (χ3v) is 4.29. The average molecular weight is 274 g/mol. The van der Waals surface area contributed by atoms with Crippen LogP contribution in [0.2, 0.25) is 0 Å². The van der Waals surface area contributed by atoms with Crippen molar-refractivity contribution in [3.05, 3.63) is 35.9 Å². The number of carbonyl (C=O) groups is 1. The van der Waals surface area contributed by atoms with Gasteiger partial charge in [-0.3, -0.25) is 4.79 Å². The molecule has 1 aliphatic rings. The van der Waals surface area contributed by atoms with E-state index in [2.05, 4.69) is 13.8 Å². The fourth-order valence-corrected chi connectivity index (χ4v) is 3.25. The van der Waals surface area contributed by atoms with E-state index in [0.717, 1.165) is 18.7 Å². The van der Waals surface area contributed by atoms with Crippen molar-refractivity contribution in [1.82, 2.24) is 4.90 Å². The molecule has 0 aromatic heterocycles. The first-order chi connectivity index (χ1) is 9.49. The standard InChI is InChI=1S/C17H26N2O/c1-12-9-13(2)11-19(10-12)17(20)14(3)16(18)15-7-5-4-6-8-15/h4-8,12-14,16H,9-11,18H2,1-3H3. The van der Waals surface area contributed by atoms with E-state index in [4.69, 9.17) is 5.73 Å². The van der Waals surface area contributed by atoms with E-state index < -0.39 is 0 Å². The lowest BCUT2D eigenvalue weighted by atomic mass is 9.89. The van der Waals surface area contributed by atoms with Gasteiger partial charge in [0.05, 0.1) is 5.92 Å². The van der Waals surface area contributed by atoms with E-state index in [1.54, 1.807) is 0 Å². The molecule has 0 aliphatic carbocycles. The Morgan fingerprint density at radius 3 is 2.30 bits per heavy atom. The molecule has 2 N–H and O–H groups in total. The second kappa shape index (κ2) is 6.40. The number of nitrogens with zero attached hydrogens (tertiary/aromatic N) is 1. The van der Waals surface area contributed by atoms with Crippen molar-refractivity contribution in [1.29, 1.82) is 0 Å². The Hall–Kier alpha value is -1.35. The Bertz CT molecular complexity index is 436. The molecule has 0 spiro atoms. The summed E-state index contributed by atoms with van der Waals surface area (Å²) in [4.78, 5) is 14.7. The highest BCUT2D eigenvalue weighted by atomic mass is 16.2. The Labute approximate surface area is 122 Å². The molecular formula is C17H26N2O. The summed E-state index contributed by atoms with van der Waals surface area (Å²) in [6.45, 7) is 8.13. The molecule has 1 amide bonds. The molecule has 0 saturated carbocycles. The molecule has 1 fully saturated rings. The van der Waals surface area contributed by atoms with Crippen LogP contribution < -0.4 is 5.73 Å². The topological polar surface area (TPSA) is 46.3 Å². The minimum atomic E-state index is -0.226. The molecule has 0 radical (unpaired) electrons. The summed E-state index contributed by atoms with van der Waals surface area (Å²) in [5, 5.41) is 0. The summed E-state index contributed by atoms with van der Waals surface area (Å²) in [5.74, 6) is 1.19. The summed E-state index contributed by atoms with van der Waals surface area (Å²) in [6.07, 6.45) is 1.21. The highest BCUT2D eigenvalue weighted by Crippen LogP contribution is 2.26. The maximum absolute atomic E-state index is 12.6. The van der Waals surface area contributed by atoms with E-state index >= 15 is 0 Å². The third-order valence-electron chi connectivity index (χ3n) is 4.29. The molecule has 110 valence electrons. The number of rotatable bonds is 3. The Kier molecular flexibility index (Phi) is 4.81. The molecule has 20 heavy (non-hydrogen) atoms. The molecule has 3 heteroatoms. The minimum Gasteiger partial charge on any atom is -0.342 e. The van der Waals surface area contributed by atoms with Crippen LogP contribution in [0.15, 0.2) is 30.3 Å². The predicted octanol–water partition coefficient (Wildman–Crippen LogP) is 2.83. The van der Waals surface area contributed by atoms with Gasteiger partial charge in [-0.1, -0.05) is 51.1 Å². The van der Waals surface area contributed by atoms with Crippen LogP contribution in [0.3, 0.4) is 0 Å². The molecule has 2 rings (SSSR count). The van der Waals surface area contributed by atoms with Crippen molar-refractivity contribution in [2.45, 2.75) is 33.2 Å². The van der Waals surface area contributed by atoms with Gasteiger partial charge in [0.25, 0.3) is 0 Å². The van der Waals surface area contributed by atoms with E-state index in [9.17, 15) is 4.79 Å². The number of benzene rings is 1. The lowest BCUT2D eigenvalue weighted by Gasteiger charge is -2.37. The van der Waals surface area contributed by atoms with Crippen molar-refractivity contribution in [3.63, 3.8) is 0 Å². The van der Waals surface area contributed by atoms with Crippen LogP contribution in [0.1, 0.15) is 38.8 Å². The van der Waals surface area contributed by atoms with Gasteiger partial charge in [-0.05, 0) is 23.8 Å². The number of hydrogen-bond acceptors (Lipinski definition) is 2. The van der Waals surface area contributed by atoms with Gasteiger partial charge in [-0.2, -0.15) is 0 Å². The fraction of sp³-hybridized carbons (Fsp3) is 0.588. The molecule has 4 atom stereocenters. The van der Waals surface area contributed by atoms with Crippen LogP contribution in [0.5, 0.6) is 0 Å². The van der Waals surface area contributed by atoms with Crippen molar-refractivity contribution in [2.75, 3.05) is 13.1 Å². The average Bonchev–Trinajstić information content (AvgIpc) is 2.45. The van der Waals surface area contributed by atoms with Crippen molar-refractivity contribution < 1.29 is 4.79 Å². The molecule has 1 aliphatic heterocycles. The van der Waals surface area contributed by atoms with Crippen molar-refractivity contribution in [3.8, 4) is 0 Å². The van der Waals surface area contributed by atoms with Crippen LogP contribution in [-0.2, 0) is 4.79 Å². The van der Waals surface area contributed by atoms with Crippen molar-refractivity contribution in [2.24, 2.45) is 23.5 Å². The van der Waals surface area contributed by atoms with Crippen LogP contribution in [-0.4, -0.2) is 23.9 Å². The second-order valence-electron chi connectivity index (χ2n) is 6.41. The molecule has 4 unspecified atom stereocenters. The molecule has 0 bridgehead atoms.